The lowest BCUT2D eigenvalue weighted by atomic mass is 10.2. The number of piperazine rings is 1. The van der Waals surface area contributed by atoms with E-state index in [0.29, 0.717) is 37.7 Å². The van der Waals surface area contributed by atoms with Gasteiger partial charge in [-0.3, -0.25) is 20.4 Å². The summed E-state index contributed by atoms with van der Waals surface area (Å²) in [4.78, 5) is 26.3. The van der Waals surface area contributed by atoms with Crippen molar-refractivity contribution < 1.29 is 22.4 Å². The molecule has 2 aromatic rings. The predicted octanol–water partition coefficient (Wildman–Crippen LogP) is 1.12. The number of amides is 2. The van der Waals surface area contributed by atoms with Gasteiger partial charge in [0.05, 0.1) is 5.56 Å². The largest absolute Gasteiger partial charge is 0.466 e. The van der Waals surface area contributed by atoms with Crippen LogP contribution in [-0.4, -0.2) is 56.5 Å². The molecule has 0 saturated carbocycles. The Balaban J connectivity index is 1.50. The number of hydrogen-bond donors (Lipinski definition) is 2. The number of sulfonamides is 1. The van der Waals surface area contributed by atoms with Crippen LogP contribution < -0.4 is 15.8 Å². The SMILES string of the molecule is Cc1cccc(N2CCN(S(=O)(=O)CC(=O)NNC(=O)c3cc(C)oc3C)CC2)c1. The summed E-state index contributed by atoms with van der Waals surface area (Å²) >= 11 is 0. The highest BCUT2D eigenvalue weighted by atomic mass is 32.2. The third-order valence-corrected chi connectivity index (χ3v) is 6.69. The van der Waals surface area contributed by atoms with Crippen LogP contribution in [0.4, 0.5) is 5.69 Å². The van der Waals surface area contributed by atoms with Crippen LogP contribution in [0, 0.1) is 20.8 Å². The summed E-state index contributed by atoms with van der Waals surface area (Å²) in [6.07, 6.45) is 0. The number of benzene rings is 1. The van der Waals surface area contributed by atoms with E-state index in [1.807, 2.05) is 25.1 Å². The van der Waals surface area contributed by atoms with Crippen LogP contribution in [0.2, 0.25) is 0 Å². The highest BCUT2D eigenvalue weighted by molar-refractivity contribution is 7.89. The van der Waals surface area contributed by atoms with Crippen LogP contribution in [0.3, 0.4) is 0 Å². The molecule has 1 aromatic heterocycles. The van der Waals surface area contributed by atoms with Gasteiger partial charge in [0.1, 0.15) is 17.3 Å². The van der Waals surface area contributed by atoms with Gasteiger partial charge in [0.2, 0.25) is 10.0 Å². The van der Waals surface area contributed by atoms with Crippen LogP contribution in [0.5, 0.6) is 0 Å². The Morgan fingerprint density at radius 2 is 1.73 bits per heavy atom. The summed E-state index contributed by atoms with van der Waals surface area (Å²) in [5.74, 6) is -1.12. The fourth-order valence-corrected chi connectivity index (χ4v) is 4.70. The second-order valence-electron chi connectivity index (χ2n) is 7.31. The van der Waals surface area contributed by atoms with Crippen molar-refractivity contribution in [2.45, 2.75) is 20.8 Å². The summed E-state index contributed by atoms with van der Waals surface area (Å²) in [5.41, 5.74) is 6.85. The maximum absolute atomic E-state index is 12.6. The van der Waals surface area contributed by atoms with E-state index in [4.69, 9.17) is 4.42 Å². The van der Waals surface area contributed by atoms with E-state index in [0.717, 1.165) is 11.3 Å². The van der Waals surface area contributed by atoms with Gasteiger partial charge in [0.25, 0.3) is 11.8 Å². The molecule has 0 atom stereocenters. The molecule has 2 heterocycles. The molecule has 9 nitrogen and oxygen atoms in total. The molecular formula is C20H26N4O5S. The average molecular weight is 435 g/mol. The van der Waals surface area contributed by atoms with E-state index in [2.05, 4.69) is 21.8 Å². The Morgan fingerprint density at radius 1 is 1.03 bits per heavy atom. The zero-order chi connectivity index (χ0) is 21.9. The number of aryl methyl sites for hydroxylation is 3. The normalized spacial score (nSPS) is 15.1. The van der Waals surface area contributed by atoms with Crippen LogP contribution in [0.15, 0.2) is 34.7 Å². The van der Waals surface area contributed by atoms with Gasteiger partial charge in [-0.15, -0.1) is 0 Å². The molecule has 2 N–H and O–H groups in total. The molecule has 30 heavy (non-hydrogen) atoms. The smallest absolute Gasteiger partial charge is 0.273 e. The van der Waals surface area contributed by atoms with Gasteiger partial charge in [-0.05, 0) is 44.5 Å². The van der Waals surface area contributed by atoms with Gasteiger partial charge in [0, 0.05) is 31.9 Å². The van der Waals surface area contributed by atoms with E-state index < -0.39 is 27.6 Å². The highest BCUT2D eigenvalue weighted by Crippen LogP contribution is 2.19. The summed E-state index contributed by atoms with van der Waals surface area (Å²) in [5, 5.41) is 0. The van der Waals surface area contributed by atoms with Crippen LogP contribution in [0.1, 0.15) is 27.4 Å². The van der Waals surface area contributed by atoms with Crippen molar-refractivity contribution in [2.75, 3.05) is 36.8 Å². The van der Waals surface area contributed by atoms with Crippen molar-refractivity contribution >= 4 is 27.5 Å². The van der Waals surface area contributed by atoms with Crippen LogP contribution >= 0.6 is 0 Å². The third-order valence-electron chi connectivity index (χ3n) is 4.91. The predicted molar refractivity (Wildman–Crippen MR) is 113 cm³/mol. The second-order valence-corrected chi connectivity index (χ2v) is 9.28. The molecule has 0 radical (unpaired) electrons. The first kappa shape index (κ1) is 21.8. The number of carbonyl (C=O) groups excluding carboxylic acids is 2. The quantitative estimate of drug-likeness (QED) is 0.682. The van der Waals surface area contributed by atoms with Crippen molar-refractivity contribution in [3.05, 3.63) is 53.0 Å². The van der Waals surface area contributed by atoms with Crippen molar-refractivity contribution in [1.29, 1.82) is 0 Å². The van der Waals surface area contributed by atoms with Gasteiger partial charge >= 0.3 is 0 Å². The maximum atomic E-state index is 12.6. The number of nitrogens with zero attached hydrogens (tertiary/aromatic N) is 2. The number of hydrogen-bond acceptors (Lipinski definition) is 6. The van der Waals surface area contributed by atoms with Crippen LogP contribution in [0.25, 0.3) is 0 Å². The molecule has 0 unspecified atom stereocenters. The van der Waals surface area contributed by atoms with Gasteiger partial charge < -0.3 is 9.32 Å². The van der Waals surface area contributed by atoms with Gasteiger partial charge in [-0.1, -0.05) is 12.1 Å². The van der Waals surface area contributed by atoms with Gasteiger partial charge in [0.15, 0.2) is 0 Å². The van der Waals surface area contributed by atoms with E-state index in [-0.39, 0.29) is 5.56 Å². The molecule has 1 aliphatic heterocycles. The van der Waals surface area contributed by atoms with E-state index in [9.17, 15) is 18.0 Å². The van der Waals surface area contributed by atoms with Crippen molar-refractivity contribution in [3.63, 3.8) is 0 Å². The van der Waals surface area contributed by atoms with E-state index >= 15 is 0 Å². The molecule has 0 bridgehead atoms. The number of carbonyl (C=O) groups is 2. The third kappa shape index (κ3) is 5.19. The summed E-state index contributed by atoms with van der Waals surface area (Å²) in [6.45, 7) is 7.02. The number of nitrogens with one attached hydrogen (secondary N) is 2. The number of rotatable bonds is 5. The summed E-state index contributed by atoms with van der Waals surface area (Å²) in [6, 6.07) is 9.58. The van der Waals surface area contributed by atoms with Gasteiger partial charge in [-0.2, -0.15) is 4.31 Å². The molecule has 1 aromatic carbocycles. The second kappa shape index (κ2) is 8.88. The molecule has 1 aliphatic rings. The Bertz CT molecular complexity index is 1040. The van der Waals surface area contributed by atoms with Crippen LogP contribution in [-0.2, 0) is 14.8 Å². The lowest BCUT2D eigenvalue weighted by molar-refractivity contribution is -0.119. The molecule has 0 spiro atoms. The number of hydrazine groups is 1. The Labute approximate surface area is 176 Å². The Morgan fingerprint density at radius 3 is 2.33 bits per heavy atom. The lowest BCUT2D eigenvalue weighted by Crippen LogP contribution is -2.52. The molecular weight excluding hydrogens is 408 g/mol. The van der Waals surface area contributed by atoms with E-state index in [1.165, 1.54) is 4.31 Å². The fraction of sp³-hybridized carbons (Fsp3) is 0.400. The monoisotopic (exact) mass is 434 g/mol. The fourth-order valence-electron chi connectivity index (χ4n) is 3.39. The first-order valence-corrected chi connectivity index (χ1v) is 11.2. The minimum absolute atomic E-state index is 0.280. The van der Waals surface area contributed by atoms with Crippen molar-refractivity contribution in [1.82, 2.24) is 15.2 Å². The molecule has 162 valence electrons. The Kier molecular flexibility index (Phi) is 6.47. The topological polar surface area (TPSA) is 112 Å². The molecule has 1 saturated heterocycles. The minimum Gasteiger partial charge on any atom is -0.466 e. The first-order chi connectivity index (χ1) is 14.2. The molecule has 1 fully saturated rings. The lowest BCUT2D eigenvalue weighted by Gasteiger charge is -2.35. The molecule has 3 rings (SSSR count). The minimum atomic E-state index is -3.79. The maximum Gasteiger partial charge on any atom is 0.273 e. The standard InChI is InChI=1S/C20H26N4O5S/c1-14-5-4-6-17(11-14)23-7-9-24(10-8-23)30(27,28)13-19(25)21-22-20(26)18-12-15(2)29-16(18)3/h4-6,11-12H,7-10,13H2,1-3H3,(H,21,25)(H,22,26). The van der Waals surface area contributed by atoms with Crippen molar-refractivity contribution in [3.8, 4) is 0 Å². The zero-order valence-electron chi connectivity index (χ0n) is 17.3. The van der Waals surface area contributed by atoms with E-state index in [1.54, 1.807) is 19.9 Å². The Hall–Kier alpha value is -2.85. The molecule has 0 aliphatic carbocycles. The first-order valence-electron chi connectivity index (χ1n) is 9.61. The van der Waals surface area contributed by atoms with Crippen molar-refractivity contribution in [2.24, 2.45) is 0 Å². The summed E-state index contributed by atoms with van der Waals surface area (Å²) in [7, 11) is -3.79. The molecule has 2 amide bonds. The number of anilines is 1. The highest BCUT2D eigenvalue weighted by Gasteiger charge is 2.29. The summed E-state index contributed by atoms with van der Waals surface area (Å²) < 4.78 is 31.7. The number of furan rings is 1. The average Bonchev–Trinajstić information content (AvgIpc) is 3.04. The molecule has 10 heteroatoms. The zero-order valence-corrected chi connectivity index (χ0v) is 18.1. The van der Waals surface area contributed by atoms with Gasteiger partial charge in [-0.25, -0.2) is 8.42 Å².